The summed E-state index contributed by atoms with van der Waals surface area (Å²) in [4.78, 5) is 14.2. The third-order valence-corrected chi connectivity index (χ3v) is 3.79. The molecule has 1 aromatic rings. The van der Waals surface area contributed by atoms with Crippen molar-refractivity contribution in [1.82, 2.24) is 4.90 Å². The maximum absolute atomic E-state index is 13.7. The number of hydrogen-bond acceptors (Lipinski definition) is 2. The number of rotatable bonds is 1. The summed E-state index contributed by atoms with van der Waals surface area (Å²) < 4.78 is 13.7. The maximum Gasteiger partial charge on any atom is 0.254 e. The number of piperidine rings is 1. The van der Waals surface area contributed by atoms with Gasteiger partial charge >= 0.3 is 0 Å². The Kier molecular flexibility index (Phi) is 3.78. The van der Waals surface area contributed by atoms with Crippen molar-refractivity contribution in [1.29, 1.82) is 0 Å². The van der Waals surface area contributed by atoms with Gasteiger partial charge in [-0.2, -0.15) is 0 Å². The molecule has 0 aliphatic carbocycles. The molecular weight excluding hydrogens is 243 g/mol. The predicted octanol–water partition coefficient (Wildman–Crippen LogP) is 2.83. The van der Waals surface area contributed by atoms with E-state index in [0.29, 0.717) is 28.7 Å². The fourth-order valence-electron chi connectivity index (χ4n) is 2.83. The molecule has 2 atom stereocenters. The zero-order valence-corrected chi connectivity index (χ0v) is 11.7. The molecule has 0 aromatic heterocycles. The lowest BCUT2D eigenvalue weighted by Crippen LogP contribution is -2.42. The zero-order chi connectivity index (χ0) is 14.2. The highest BCUT2D eigenvalue weighted by Crippen LogP contribution is 2.24. The highest BCUT2D eigenvalue weighted by molar-refractivity contribution is 5.95. The summed E-state index contributed by atoms with van der Waals surface area (Å²) in [6.45, 7) is 7.36. The van der Waals surface area contributed by atoms with Gasteiger partial charge in [-0.25, -0.2) is 4.39 Å². The van der Waals surface area contributed by atoms with E-state index in [9.17, 15) is 9.18 Å². The van der Waals surface area contributed by atoms with E-state index in [1.807, 2.05) is 4.90 Å². The lowest BCUT2D eigenvalue weighted by atomic mass is 9.91. The molecule has 3 nitrogen and oxygen atoms in total. The van der Waals surface area contributed by atoms with Crippen LogP contribution in [-0.4, -0.2) is 23.9 Å². The minimum Gasteiger partial charge on any atom is -0.398 e. The van der Waals surface area contributed by atoms with E-state index in [4.69, 9.17) is 5.73 Å². The Bertz CT molecular complexity index is 468. The van der Waals surface area contributed by atoms with Crippen LogP contribution in [0, 0.1) is 24.6 Å². The predicted molar refractivity (Wildman–Crippen MR) is 74.4 cm³/mol. The Morgan fingerprint density at radius 2 is 1.89 bits per heavy atom. The smallest absolute Gasteiger partial charge is 0.254 e. The Morgan fingerprint density at radius 3 is 2.42 bits per heavy atom. The van der Waals surface area contributed by atoms with Crippen molar-refractivity contribution >= 4 is 11.6 Å². The topological polar surface area (TPSA) is 46.3 Å². The van der Waals surface area contributed by atoms with Crippen LogP contribution in [0.4, 0.5) is 10.1 Å². The van der Waals surface area contributed by atoms with Crippen LogP contribution in [-0.2, 0) is 0 Å². The van der Waals surface area contributed by atoms with Crippen LogP contribution < -0.4 is 5.73 Å². The first-order valence-corrected chi connectivity index (χ1v) is 6.73. The Morgan fingerprint density at radius 1 is 1.32 bits per heavy atom. The summed E-state index contributed by atoms with van der Waals surface area (Å²) in [5.41, 5.74) is 6.82. The summed E-state index contributed by atoms with van der Waals surface area (Å²) in [5, 5.41) is 0. The van der Waals surface area contributed by atoms with Crippen LogP contribution in [0.1, 0.15) is 36.2 Å². The molecule has 19 heavy (non-hydrogen) atoms. The highest BCUT2D eigenvalue weighted by atomic mass is 19.1. The molecule has 0 bridgehead atoms. The van der Waals surface area contributed by atoms with Crippen LogP contribution in [0.25, 0.3) is 0 Å². The van der Waals surface area contributed by atoms with Crippen molar-refractivity contribution in [2.24, 2.45) is 11.8 Å². The number of nitrogens with zero attached hydrogens (tertiary/aromatic N) is 1. The van der Waals surface area contributed by atoms with Crippen molar-refractivity contribution in [3.8, 4) is 0 Å². The minimum atomic E-state index is -0.415. The lowest BCUT2D eigenvalue weighted by Gasteiger charge is -2.35. The Labute approximate surface area is 113 Å². The molecule has 2 N–H and O–H groups in total. The van der Waals surface area contributed by atoms with Crippen molar-refractivity contribution in [2.75, 3.05) is 18.8 Å². The van der Waals surface area contributed by atoms with Crippen molar-refractivity contribution in [3.63, 3.8) is 0 Å². The van der Waals surface area contributed by atoms with Crippen LogP contribution in [0.15, 0.2) is 12.1 Å². The van der Waals surface area contributed by atoms with Gasteiger partial charge in [-0.05, 0) is 37.3 Å². The highest BCUT2D eigenvalue weighted by Gasteiger charge is 2.26. The number of anilines is 1. The van der Waals surface area contributed by atoms with E-state index in [0.717, 1.165) is 19.5 Å². The summed E-state index contributed by atoms with van der Waals surface area (Å²) in [7, 11) is 0. The molecule has 2 rings (SSSR count). The first-order chi connectivity index (χ1) is 8.88. The van der Waals surface area contributed by atoms with Gasteiger partial charge < -0.3 is 10.6 Å². The van der Waals surface area contributed by atoms with Gasteiger partial charge in [0, 0.05) is 29.9 Å². The maximum atomic E-state index is 13.7. The zero-order valence-electron chi connectivity index (χ0n) is 11.7. The van der Waals surface area contributed by atoms with Crippen molar-refractivity contribution in [3.05, 3.63) is 29.1 Å². The molecule has 1 aliphatic heterocycles. The normalized spacial score (nSPS) is 23.5. The largest absolute Gasteiger partial charge is 0.398 e. The number of carbonyl (C=O) groups excluding carboxylic acids is 1. The number of nitrogen functional groups attached to an aromatic ring is 1. The van der Waals surface area contributed by atoms with Crippen molar-refractivity contribution < 1.29 is 9.18 Å². The second-order valence-electron chi connectivity index (χ2n) is 5.83. The molecule has 2 unspecified atom stereocenters. The van der Waals surface area contributed by atoms with Crippen LogP contribution in [0.5, 0.6) is 0 Å². The monoisotopic (exact) mass is 264 g/mol. The molecule has 0 radical (unpaired) electrons. The molecule has 1 aliphatic rings. The number of halogens is 1. The average Bonchev–Trinajstić information content (AvgIpc) is 2.33. The standard InChI is InChI=1S/C15H21FN2O/c1-9-4-10(2)8-18(7-9)15(19)12-5-13(16)11(3)14(17)6-12/h5-6,9-10H,4,7-8,17H2,1-3H3. The third kappa shape index (κ3) is 2.88. The molecular formula is C15H21FN2O. The second kappa shape index (κ2) is 5.19. The van der Waals surface area contributed by atoms with E-state index in [2.05, 4.69) is 13.8 Å². The van der Waals surface area contributed by atoms with Crippen LogP contribution >= 0.6 is 0 Å². The van der Waals surface area contributed by atoms with Gasteiger partial charge in [-0.1, -0.05) is 13.8 Å². The first-order valence-electron chi connectivity index (χ1n) is 6.73. The number of hydrogen-bond donors (Lipinski definition) is 1. The molecule has 1 amide bonds. The number of benzene rings is 1. The molecule has 1 heterocycles. The molecule has 104 valence electrons. The number of carbonyl (C=O) groups is 1. The Hall–Kier alpha value is -1.58. The average molecular weight is 264 g/mol. The summed E-state index contributed by atoms with van der Waals surface area (Å²) in [5.74, 6) is 0.436. The van der Waals surface area contributed by atoms with Gasteiger partial charge in [0.1, 0.15) is 5.82 Å². The number of nitrogens with two attached hydrogens (primary N) is 1. The van der Waals surface area contributed by atoms with E-state index in [1.165, 1.54) is 6.07 Å². The van der Waals surface area contributed by atoms with E-state index in [1.54, 1.807) is 13.0 Å². The number of likely N-dealkylation sites (tertiary alicyclic amines) is 1. The molecule has 1 fully saturated rings. The van der Waals surface area contributed by atoms with E-state index in [-0.39, 0.29) is 5.91 Å². The molecule has 1 saturated heterocycles. The molecule has 4 heteroatoms. The van der Waals surface area contributed by atoms with Gasteiger partial charge in [0.25, 0.3) is 5.91 Å². The quantitative estimate of drug-likeness (QED) is 0.793. The Balaban J connectivity index is 2.24. The lowest BCUT2D eigenvalue weighted by molar-refractivity contribution is 0.0622. The number of amides is 1. The van der Waals surface area contributed by atoms with E-state index >= 15 is 0 Å². The van der Waals surface area contributed by atoms with E-state index < -0.39 is 5.82 Å². The molecule has 1 aromatic carbocycles. The first kappa shape index (κ1) is 13.8. The minimum absolute atomic E-state index is 0.121. The summed E-state index contributed by atoms with van der Waals surface area (Å²) in [6.07, 6.45) is 1.13. The fraction of sp³-hybridized carbons (Fsp3) is 0.533. The fourth-order valence-corrected chi connectivity index (χ4v) is 2.83. The summed E-state index contributed by atoms with van der Waals surface area (Å²) >= 11 is 0. The molecule has 0 saturated carbocycles. The summed E-state index contributed by atoms with van der Waals surface area (Å²) in [6, 6.07) is 2.86. The van der Waals surface area contributed by atoms with Crippen LogP contribution in [0.3, 0.4) is 0 Å². The van der Waals surface area contributed by atoms with Gasteiger partial charge in [0.05, 0.1) is 0 Å². The second-order valence-corrected chi connectivity index (χ2v) is 5.83. The van der Waals surface area contributed by atoms with Crippen molar-refractivity contribution in [2.45, 2.75) is 27.2 Å². The third-order valence-electron chi connectivity index (χ3n) is 3.79. The van der Waals surface area contributed by atoms with Gasteiger partial charge in [0.2, 0.25) is 0 Å². The van der Waals surface area contributed by atoms with Gasteiger partial charge in [-0.3, -0.25) is 4.79 Å². The van der Waals surface area contributed by atoms with Gasteiger partial charge in [-0.15, -0.1) is 0 Å². The van der Waals surface area contributed by atoms with Gasteiger partial charge in [0.15, 0.2) is 0 Å². The SMILES string of the molecule is Cc1c(N)cc(C(=O)N2CC(C)CC(C)C2)cc1F. The molecule has 0 spiro atoms. The van der Waals surface area contributed by atoms with Crippen LogP contribution in [0.2, 0.25) is 0 Å².